The summed E-state index contributed by atoms with van der Waals surface area (Å²) < 4.78 is 5.09. The van der Waals surface area contributed by atoms with E-state index in [1.54, 1.807) is 55.5 Å². The molecule has 3 rings (SSSR count). The SMILES string of the molecule is COc1ccc(NC(=O)c2ccc(N(C)Cc3ccccc3)c([N+](=O)[O-])c2)cc1. The van der Waals surface area contributed by atoms with Crippen LogP contribution in [-0.4, -0.2) is 25.0 Å². The highest BCUT2D eigenvalue weighted by Crippen LogP contribution is 2.30. The summed E-state index contributed by atoms with van der Waals surface area (Å²) in [5.41, 5.74) is 2.14. The Hall–Kier alpha value is -3.87. The van der Waals surface area contributed by atoms with Crippen LogP contribution in [0.25, 0.3) is 0 Å². The summed E-state index contributed by atoms with van der Waals surface area (Å²) >= 11 is 0. The number of nitro benzene ring substituents is 1. The first kappa shape index (κ1) is 19.9. The number of nitrogens with one attached hydrogen (secondary N) is 1. The third kappa shape index (κ3) is 4.90. The third-order valence-electron chi connectivity index (χ3n) is 4.46. The van der Waals surface area contributed by atoms with Crippen molar-refractivity contribution in [1.82, 2.24) is 0 Å². The monoisotopic (exact) mass is 391 g/mol. The zero-order valence-electron chi connectivity index (χ0n) is 16.2. The van der Waals surface area contributed by atoms with Crippen molar-refractivity contribution < 1.29 is 14.5 Å². The van der Waals surface area contributed by atoms with Crippen molar-refractivity contribution in [2.45, 2.75) is 6.54 Å². The zero-order valence-corrected chi connectivity index (χ0v) is 16.2. The van der Waals surface area contributed by atoms with E-state index in [-0.39, 0.29) is 11.3 Å². The van der Waals surface area contributed by atoms with Gasteiger partial charge in [0.1, 0.15) is 11.4 Å². The molecule has 0 spiro atoms. The summed E-state index contributed by atoms with van der Waals surface area (Å²) in [6.07, 6.45) is 0. The van der Waals surface area contributed by atoms with E-state index < -0.39 is 10.8 Å². The highest BCUT2D eigenvalue weighted by Gasteiger charge is 2.20. The number of benzene rings is 3. The van der Waals surface area contributed by atoms with Gasteiger partial charge in [0.15, 0.2) is 0 Å². The summed E-state index contributed by atoms with van der Waals surface area (Å²) in [6.45, 7) is 0.513. The van der Waals surface area contributed by atoms with E-state index in [0.717, 1.165) is 5.56 Å². The van der Waals surface area contributed by atoms with Crippen molar-refractivity contribution in [3.05, 3.63) is 94.0 Å². The first-order valence-electron chi connectivity index (χ1n) is 8.97. The van der Waals surface area contributed by atoms with E-state index in [0.29, 0.717) is 23.7 Å². The number of ether oxygens (including phenoxy) is 1. The highest BCUT2D eigenvalue weighted by atomic mass is 16.6. The predicted molar refractivity (Wildman–Crippen MR) is 113 cm³/mol. The lowest BCUT2D eigenvalue weighted by molar-refractivity contribution is -0.384. The van der Waals surface area contributed by atoms with Crippen molar-refractivity contribution in [2.75, 3.05) is 24.4 Å². The molecule has 0 aliphatic carbocycles. The third-order valence-corrected chi connectivity index (χ3v) is 4.46. The fourth-order valence-corrected chi connectivity index (χ4v) is 2.95. The number of anilines is 2. The lowest BCUT2D eigenvalue weighted by Gasteiger charge is -2.19. The van der Waals surface area contributed by atoms with Crippen LogP contribution in [0.3, 0.4) is 0 Å². The molecule has 0 radical (unpaired) electrons. The Labute approximate surface area is 168 Å². The van der Waals surface area contributed by atoms with Crippen LogP contribution in [0.15, 0.2) is 72.8 Å². The molecule has 7 nitrogen and oxygen atoms in total. The summed E-state index contributed by atoms with van der Waals surface area (Å²) in [5, 5.41) is 14.3. The van der Waals surface area contributed by atoms with Gasteiger partial charge >= 0.3 is 0 Å². The fraction of sp³-hybridized carbons (Fsp3) is 0.136. The summed E-state index contributed by atoms with van der Waals surface area (Å²) in [5.74, 6) is 0.250. The maximum atomic E-state index is 12.5. The number of nitro groups is 1. The van der Waals surface area contributed by atoms with Crippen LogP contribution >= 0.6 is 0 Å². The smallest absolute Gasteiger partial charge is 0.293 e. The molecule has 0 atom stereocenters. The molecule has 7 heteroatoms. The van der Waals surface area contributed by atoms with Gasteiger partial charge in [-0.2, -0.15) is 0 Å². The molecular weight excluding hydrogens is 370 g/mol. The molecule has 0 unspecified atom stereocenters. The maximum Gasteiger partial charge on any atom is 0.293 e. The van der Waals surface area contributed by atoms with Crippen molar-refractivity contribution in [1.29, 1.82) is 0 Å². The van der Waals surface area contributed by atoms with Gasteiger partial charge in [-0.15, -0.1) is 0 Å². The number of carbonyl (C=O) groups excluding carboxylic acids is 1. The molecular formula is C22H21N3O4. The Morgan fingerprint density at radius 1 is 1.07 bits per heavy atom. The van der Waals surface area contributed by atoms with Gasteiger partial charge < -0.3 is 15.0 Å². The second-order valence-electron chi connectivity index (χ2n) is 6.48. The van der Waals surface area contributed by atoms with E-state index in [1.165, 1.54) is 6.07 Å². The van der Waals surface area contributed by atoms with Crippen LogP contribution in [0, 0.1) is 10.1 Å². The Bertz CT molecular complexity index is 1000. The molecule has 0 bridgehead atoms. The first-order valence-corrected chi connectivity index (χ1v) is 8.97. The van der Waals surface area contributed by atoms with Gasteiger partial charge in [-0.1, -0.05) is 30.3 Å². The van der Waals surface area contributed by atoms with Crippen molar-refractivity contribution in [2.24, 2.45) is 0 Å². The van der Waals surface area contributed by atoms with E-state index in [1.807, 2.05) is 30.3 Å². The lowest BCUT2D eigenvalue weighted by atomic mass is 10.1. The Balaban J connectivity index is 1.81. The molecule has 148 valence electrons. The molecule has 0 heterocycles. The number of rotatable bonds is 7. The van der Waals surface area contributed by atoms with Crippen molar-refractivity contribution >= 4 is 23.0 Å². The van der Waals surface area contributed by atoms with Gasteiger partial charge in [0.25, 0.3) is 11.6 Å². The summed E-state index contributed by atoms with van der Waals surface area (Å²) in [4.78, 5) is 25.5. The van der Waals surface area contributed by atoms with Crippen LogP contribution in [0.5, 0.6) is 5.75 Å². The molecule has 0 aliphatic rings. The number of hydrogen-bond acceptors (Lipinski definition) is 5. The minimum atomic E-state index is -0.471. The predicted octanol–water partition coefficient (Wildman–Crippen LogP) is 4.49. The van der Waals surface area contributed by atoms with Gasteiger partial charge in [-0.25, -0.2) is 0 Å². The van der Waals surface area contributed by atoms with Crippen LogP contribution in [0.1, 0.15) is 15.9 Å². The number of nitrogens with zero attached hydrogens (tertiary/aromatic N) is 2. The summed E-state index contributed by atoms with van der Waals surface area (Å²) in [7, 11) is 3.34. The van der Waals surface area contributed by atoms with Gasteiger partial charge in [0.05, 0.1) is 12.0 Å². The largest absolute Gasteiger partial charge is 0.497 e. The Morgan fingerprint density at radius 3 is 2.38 bits per heavy atom. The first-order chi connectivity index (χ1) is 14.0. The second kappa shape index (κ2) is 8.88. The van der Waals surface area contributed by atoms with E-state index in [9.17, 15) is 14.9 Å². The van der Waals surface area contributed by atoms with Gasteiger partial charge in [-0.05, 0) is 42.0 Å². The van der Waals surface area contributed by atoms with E-state index >= 15 is 0 Å². The highest BCUT2D eigenvalue weighted by molar-refractivity contribution is 6.05. The molecule has 1 N–H and O–H groups in total. The standard InChI is InChI=1S/C22H21N3O4/c1-24(15-16-6-4-3-5-7-16)20-13-8-17(14-21(20)25(27)28)22(26)23-18-9-11-19(29-2)12-10-18/h3-14H,15H2,1-2H3,(H,23,26). The fourth-order valence-electron chi connectivity index (χ4n) is 2.95. The van der Waals surface area contributed by atoms with Crippen LogP contribution in [0.2, 0.25) is 0 Å². The molecule has 0 aromatic heterocycles. The minimum Gasteiger partial charge on any atom is -0.497 e. The van der Waals surface area contributed by atoms with E-state index in [2.05, 4.69) is 5.32 Å². The van der Waals surface area contributed by atoms with Crippen LogP contribution in [-0.2, 0) is 6.54 Å². The van der Waals surface area contributed by atoms with Crippen molar-refractivity contribution in [3.8, 4) is 5.75 Å². The second-order valence-corrected chi connectivity index (χ2v) is 6.48. The quantitative estimate of drug-likeness (QED) is 0.474. The molecule has 0 saturated heterocycles. The molecule has 0 fully saturated rings. The van der Waals surface area contributed by atoms with Crippen LogP contribution < -0.4 is 15.0 Å². The zero-order chi connectivity index (χ0) is 20.8. The lowest BCUT2D eigenvalue weighted by Crippen LogP contribution is -2.18. The van der Waals surface area contributed by atoms with Crippen LogP contribution in [0.4, 0.5) is 17.1 Å². The molecule has 3 aromatic rings. The van der Waals surface area contributed by atoms with E-state index in [4.69, 9.17) is 4.74 Å². The number of amides is 1. The average Bonchev–Trinajstić information content (AvgIpc) is 2.74. The van der Waals surface area contributed by atoms with Gasteiger partial charge in [0, 0.05) is 30.9 Å². The molecule has 29 heavy (non-hydrogen) atoms. The van der Waals surface area contributed by atoms with Gasteiger partial charge in [0.2, 0.25) is 0 Å². The minimum absolute atomic E-state index is 0.120. The molecule has 0 aliphatic heterocycles. The topological polar surface area (TPSA) is 84.7 Å². The van der Waals surface area contributed by atoms with Gasteiger partial charge in [-0.3, -0.25) is 14.9 Å². The molecule has 3 aromatic carbocycles. The Kier molecular flexibility index (Phi) is 6.09. The number of hydrogen-bond donors (Lipinski definition) is 1. The number of methoxy groups -OCH3 is 1. The molecule has 1 amide bonds. The maximum absolute atomic E-state index is 12.5. The normalized spacial score (nSPS) is 10.3. The number of carbonyl (C=O) groups is 1. The molecule has 0 saturated carbocycles. The summed E-state index contributed by atoms with van der Waals surface area (Å²) in [6, 6.07) is 21.0. The average molecular weight is 391 g/mol. The van der Waals surface area contributed by atoms with Crippen molar-refractivity contribution in [3.63, 3.8) is 0 Å². The Morgan fingerprint density at radius 2 is 1.76 bits per heavy atom.